The molecule has 7 nitrogen and oxygen atoms in total. The molecule has 8 heteroatoms. The number of halogens is 1. The van der Waals surface area contributed by atoms with Gasteiger partial charge in [0.1, 0.15) is 12.3 Å². The number of carbonyl (C=O) groups excluding carboxylic acids is 3. The smallest absolute Gasteiger partial charge is 0.414 e. The van der Waals surface area contributed by atoms with Gasteiger partial charge in [0.15, 0.2) is 5.78 Å². The van der Waals surface area contributed by atoms with Gasteiger partial charge < -0.3 is 15.4 Å². The van der Waals surface area contributed by atoms with E-state index in [2.05, 4.69) is 10.6 Å². The minimum absolute atomic E-state index is 0.0640. The number of nitrogens with one attached hydrogen (secondary N) is 2. The number of ether oxygens (including phenoxy) is 1. The molecule has 4 rings (SSSR count). The third-order valence-corrected chi connectivity index (χ3v) is 6.11. The number of alkyl halides is 1. The van der Waals surface area contributed by atoms with Crippen LogP contribution in [0.2, 0.25) is 0 Å². The summed E-state index contributed by atoms with van der Waals surface area (Å²) in [5.74, 6) is -0.648. The molecular weight excluding hydrogens is 425 g/mol. The summed E-state index contributed by atoms with van der Waals surface area (Å²) >= 11 is 0. The normalized spacial score (nSPS) is 22.6. The maximum atomic E-state index is 14.6. The summed E-state index contributed by atoms with van der Waals surface area (Å²) < 4.78 is 20.0. The molecule has 0 saturated carbocycles. The molecule has 2 aliphatic heterocycles. The monoisotopic (exact) mass is 453 g/mol. The molecule has 0 radical (unpaired) electrons. The zero-order valence-corrected chi connectivity index (χ0v) is 18.3. The molecule has 2 amide bonds. The number of rotatable bonds is 8. The molecule has 2 fully saturated rings. The van der Waals surface area contributed by atoms with Crippen molar-refractivity contribution >= 4 is 23.5 Å². The van der Waals surface area contributed by atoms with Crippen LogP contribution in [0.25, 0.3) is 0 Å². The zero-order valence-electron chi connectivity index (χ0n) is 18.3. The standard InChI is InChI=1S/C25H28FN3O4/c26-21-15-27-13-12-19(21)20-8-4-5-9-22(20)29-16-18(33-25(29)32)14-28-24(31)11-10-23(30)17-6-2-1-3-7-17/h1-9,18-19,21,27H,10-16H2,(H,28,31)/t18-,19?,21?/m0/s1. The van der Waals surface area contributed by atoms with Gasteiger partial charge in [0.2, 0.25) is 5.91 Å². The number of nitrogens with zero attached hydrogens (tertiary/aromatic N) is 1. The van der Waals surface area contributed by atoms with Crippen LogP contribution in [0.3, 0.4) is 0 Å². The molecule has 2 aromatic rings. The van der Waals surface area contributed by atoms with Gasteiger partial charge in [-0.1, -0.05) is 48.5 Å². The van der Waals surface area contributed by atoms with E-state index in [1.54, 1.807) is 24.3 Å². The molecule has 2 aliphatic rings. The fraction of sp³-hybridized carbons (Fsp3) is 0.400. The van der Waals surface area contributed by atoms with Crippen molar-refractivity contribution in [1.82, 2.24) is 10.6 Å². The van der Waals surface area contributed by atoms with E-state index in [0.29, 0.717) is 24.2 Å². The summed E-state index contributed by atoms with van der Waals surface area (Å²) in [6.45, 7) is 1.44. The molecule has 2 heterocycles. The van der Waals surface area contributed by atoms with Gasteiger partial charge in [0.25, 0.3) is 0 Å². The Kier molecular flexibility index (Phi) is 7.34. The minimum atomic E-state index is -1.02. The highest BCUT2D eigenvalue weighted by Gasteiger charge is 2.36. The molecule has 2 saturated heterocycles. The average Bonchev–Trinajstić information content (AvgIpc) is 3.22. The lowest BCUT2D eigenvalue weighted by molar-refractivity contribution is -0.121. The Morgan fingerprint density at radius 1 is 1.09 bits per heavy atom. The Morgan fingerprint density at radius 3 is 2.64 bits per heavy atom. The lowest BCUT2D eigenvalue weighted by Crippen LogP contribution is -2.38. The molecule has 3 atom stereocenters. The molecule has 0 aromatic heterocycles. The van der Waals surface area contributed by atoms with Gasteiger partial charge in [-0.3, -0.25) is 14.5 Å². The molecule has 2 aromatic carbocycles. The van der Waals surface area contributed by atoms with Crippen LogP contribution >= 0.6 is 0 Å². The Balaban J connectivity index is 1.31. The SMILES string of the molecule is O=C(CCC(=O)c1ccccc1)NC[C@H]1CN(c2ccccc2C2CCNCC2F)C(=O)O1. The number of benzene rings is 2. The predicted molar refractivity (Wildman–Crippen MR) is 122 cm³/mol. The highest BCUT2D eigenvalue weighted by Crippen LogP contribution is 2.36. The maximum absolute atomic E-state index is 14.6. The minimum Gasteiger partial charge on any atom is -0.442 e. The molecule has 0 bridgehead atoms. The molecular formula is C25H28FN3O4. The second-order valence-corrected chi connectivity index (χ2v) is 8.38. The van der Waals surface area contributed by atoms with Crippen molar-refractivity contribution in [2.45, 2.75) is 37.5 Å². The topological polar surface area (TPSA) is 87.7 Å². The number of hydrogen-bond acceptors (Lipinski definition) is 5. The molecule has 0 spiro atoms. The van der Waals surface area contributed by atoms with Crippen LogP contribution in [0.15, 0.2) is 54.6 Å². The van der Waals surface area contributed by atoms with Gasteiger partial charge in [-0.05, 0) is 24.6 Å². The zero-order chi connectivity index (χ0) is 23.2. The molecule has 33 heavy (non-hydrogen) atoms. The van der Waals surface area contributed by atoms with E-state index in [1.165, 1.54) is 4.90 Å². The largest absolute Gasteiger partial charge is 0.442 e. The van der Waals surface area contributed by atoms with Crippen LogP contribution in [0.1, 0.15) is 41.1 Å². The Bertz CT molecular complexity index is 1000. The van der Waals surface area contributed by atoms with E-state index in [-0.39, 0.29) is 43.5 Å². The summed E-state index contributed by atoms with van der Waals surface area (Å²) in [4.78, 5) is 38.4. The Hall–Kier alpha value is -3.26. The van der Waals surface area contributed by atoms with Gasteiger partial charge in [-0.25, -0.2) is 9.18 Å². The summed E-state index contributed by atoms with van der Waals surface area (Å²) in [6.07, 6.45) is -1.22. The predicted octanol–water partition coefficient (Wildman–Crippen LogP) is 3.21. The third kappa shape index (κ3) is 5.57. The van der Waals surface area contributed by atoms with Crippen molar-refractivity contribution in [1.29, 1.82) is 0 Å². The second-order valence-electron chi connectivity index (χ2n) is 8.38. The molecule has 2 unspecified atom stereocenters. The maximum Gasteiger partial charge on any atom is 0.414 e. The van der Waals surface area contributed by atoms with Crippen molar-refractivity contribution in [3.8, 4) is 0 Å². The van der Waals surface area contributed by atoms with Crippen LogP contribution < -0.4 is 15.5 Å². The molecule has 2 N–H and O–H groups in total. The number of Topliss-reactive ketones (excluding diaryl/α,β-unsaturated/α-hetero) is 1. The van der Waals surface area contributed by atoms with Crippen molar-refractivity contribution in [3.63, 3.8) is 0 Å². The fourth-order valence-electron chi connectivity index (χ4n) is 4.35. The van der Waals surface area contributed by atoms with Crippen LogP contribution in [0.5, 0.6) is 0 Å². The molecule has 174 valence electrons. The van der Waals surface area contributed by atoms with E-state index in [4.69, 9.17) is 4.74 Å². The summed E-state index contributed by atoms with van der Waals surface area (Å²) in [5, 5.41) is 5.80. The van der Waals surface area contributed by atoms with Gasteiger partial charge in [-0.2, -0.15) is 0 Å². The fourth-order valence-corrected chi connectivity index (χ4v) is 4.35. The van der Waals surface area contributed by atoms with Gasteiger partial charge >= 0.3 is 6.09 Å². The number of amides is 2. The van der Waals surface area contributed by atoms with Crippen molar-refractivity contribution in [2.24, 2.45) is 0 Å². The van der Waals surface area contributed by atoms with E-state index >= 15 is 0 Å². The lowest BCUT2D eigenvalue weighted by atomic mass is 9.87. The number of ketones is 1. The van der Waals surface area contributed by atoms with Crippen molar-refractivity contribution in [2.75, 3.05) is 31.1 Å². The third-order valence-electron chi connectivity index (χ3n) is 6.11. The van der Waals surface area contributed by atoms with Gasteiger partial charge in [0, 0.05) is 30.9 Å². The first-order valence-corrected chi connectivity index (χ1v) is 11.3. The second kappa shape index (κ2) is 10.6. The van der Waals surface area contributed by atoms with Gasteiger partial charge in [0.05, 0.1) is 18.8 Å². The van der Waals surface area contributed by atoms with Crippen molar-refractivity contribution in [3.05, 3.63) is 65.7 Å². The summed E-state index contributed by atoms with van der Waals surface area (Å²) in [5.41, 5.74) is 2.03. The average molecular weight is 454 g/mol. The Morgan fingerprint density at radius 2 is 1.85 bits per heavy atom. The van der Waals surface area contributed by atoms with E-state index in [1.807, 2.05) is 30.3 Å². The van der Waals surface area contributed by atoms with E-state index in [9.17, 15) is 18.8 Å². The van der Waals surface area contributed by atoms with Crippen LogP contribution in [0, 0.1) is 0 Å². The number of para-hydroxylation sites is 1. The first kappa shape index (κ1) is 22.9. The first-order chi connectivity index (χ1) is 16.0. The van der Waals surface area contributed by atoms with Crippen LogP contribution in [-0.4, -0.2) is 56.2 Å². The summed E-state index contributed by atoms with van der Waals surface area (Å²) in [7, 11) is 0. The number of anilines is 1. The lowest BCUT2D eigenvalue weighted by Gasteiger charge is -2.30. The molecule has 0 aliphatic carbocycles. The van der Waals surface area contributed by atoms with Crippen LogP contribution in [0.4, 0.5) is 14.9 Å². The highest BCUT2D eigenvalue weighted by molar-refractivity contribution is 5.98. The van der Waals surface area contributed by atoms with E-state index in [0.717, 1.165) is 12.1 Å². The number of carbonyl (C=O) groups is 3. The van der Waals surface area contributed by atoms with Gasteiger partial charge in [-0.15, -0.1) is 0 Å². The first-order valence-electron chi connectivity index (χ1n) is 11.3. The number of piperidine rings is 1. The van der Waals surface area contributed by atoms with Crippen molar-refractivity contribution < 1.29 is 23.5 Å². The Labute approximate surface area is 192 Å². The number of hydrogen-bond donors (Lipinski definition) is 2. The van der Waals surface area contributed by atoms with Crippen LogP contribution in [-0.2, 0) is 9.53 Å². The quantitative estimate of drug-likeness (QED) is 0.600. The highest BCUT2D eigenvalue weighted by atomic mass is 19.1. The van der Waals surface area contributed by atoms with E-state index < -0.39 is 18.4 Å². The summed E-state index contributed by atoms with van der Waals surface area (Å²) in [6, 6.07) is 16.2. The number of cyclic esters (lactones) is 1.